The predicted molar refractivity (Wildman–Crippen MR) is 76.0 cm³/mol. The lowest BCUT2D eigenvalue weighted by Gasteiger charge is -2.03. The number of hydrogen-bond acceptors (Lipinski definition) is 4. The minimum absolute atomic E-state index is 0.792. The summed E-state index contributed by atoms with van der Waals surface area (Å²) in [6, 6.07) is 4.18. The zero-order valence-corrected chi connectivity index (χ0v) is 10.9. The Balaban J connectivity index is 2.12. The Labute approximate surface area is 111 Å². The summed E-state index contributed by atoms with van der Waals surface area (Å²) in [5.74, 6) is 0.840. The number of rotatable bonds is 3. The lowest BCUT2D eigenvalue weighted by atomic mass is 10.1. The van der Waals surface area contributed by atoms with Crippen molar-refractivity contribution in [1.82, 2.24) is 20.2 Å². The SMILES string of the molecule is CCNc1n[nH]c2ncc(-c3cncc(C)c3)cc12. The first-order valence-corrected chi connectivity index (χ1v) is 6.28. The Bertz CT molecular complexity index is 717. The summed E-state index contributed by atoms with van der Waals surface area (Å²) in [4.78, 5) is 8.62. The first-order chi connectivity index (χ1) is 9.28. The van der Waals surface area contributed by atoms with Crippen LogP contribution in [0.2, 0.25) is 0 Å². The first kappa shape index (κ1) is 11.6. The molecule has 0 saturated heterocycles. The van der Waals surface area contributed by atoms with Crippen LogP contribution in [0.3, 0.4) is 0 Å². The van der Waals surface area contributed by atoms with Crippen LogP contribution in [0, 0.1) is 6.92 Å². The van der Waals surface area contributed by atoms with Crippen molar-refractivity contribution in [1.29, 1.82) is 0 Å². The van der Waals surface area contributed by atoms with Gasteiger partial charge in [0.25, 0.3) is 0 Å². The van der Waals surface area contributed by atoms with Crippen molar-refractivity contribution in [3.8, 4) is 11.1 Å². The molecule has 0 aromatic carbocycles. The van der Waals surface area contributed by atoms with Gasteiger partial charge in [-0.05, 0) is 31.5 Å². The number of anilines is 1. The maximum absolute atomic E-state index is 4.40. The Kier molecular flexibility index (Phi) is 2.87. The van der Waals surface area contributed by atoms with E-state index < -0.39 is 0 Å². The second-order valence-corrected chi connectivity index (χ2v) is 4.47. The van der Waals surface area contributed by atoms with E-state index in [1.165, 1.54) is 0 Å². The van der Waals surface area contributed by atoms with Crippen molar-refractivity contribution in [2.24, 2.45) is 0 Å². The van der Waals surface area contributed by atoms with E-state index in [0.29, 0.717) is 0 Å². The molecule has 0 spiro atoms. The second-order valence-electron chi connectivity index (χ2n) is 4.47. The fourth-order valence-corrected chi connectivity index (χ4v) is 2.08. The molecule has 3 rings (SSSR count). The van der Waals surface area contributed by atoms with Crippen molar-refractivity contribution >= 4 is 16.9 Å². The van der Waals surface area contributed by atoms with Crippen LogP contribution < -0.4 is 5.32 Å². The fourth-order valence-electron chi connectivity index (χ4n) is 2.08. The Hall–Kier alpha value is -2.43. The molecule has 0 radical (unpaired) electrons. The minimum Gasteiger partial charge on any atom is -0.368 e. The van der Waals surface area contributed by atoms with E-state index in [1.807, 2.05) is 32.4 Å². The summed E-state index contributed by atoms with van der Waals surface area (Å²) in [7, 11) is 0. The van der Waals surface area contributed by atoms with Crippen molar-refractivity contribution in [3.63, 3.8) is 0 Å². The number of nitrogens with one attached hydrogen (secondary N) is 2. The van der Waals surface area contributed by atoms with Crippen LogP contribution in [-0.2, 0) is 0 Å². The minimum atomic E-state index is 0.792. The Morgan fingerprint density at radius 2 is 2.00 bits per heavy atom. The van der Waals surface area contributed by atoms with Gasteiger partial charge in [-0.2, -0.15) is 5.10 Å². The number of aryl methyl sites for hydroxylation is 1. The summed E-state index contributed by atoms with van der Waals surface area (Å²) in [5, 5.41) is 11.4. The fraction of sp³-hybridized carbons (Fsp3) is 0.214. The molecule has 5 heteroatoms. The second kappa shape index (κ2) is 4.68. The summed E-state index contributed by atoms with van der Waals surface area (Å²) in [6.45, 7) is 4.91. The molecule has 0 bridgehead atoms. The highest BCUT2D eigenvalue weighted by molar-refractivity contribution is 5.90. The van der Waals surface area contributed by atoms with Gasteiger partial charge >= 0.3 is 0 Å². The van der Waals surface area contributed by atoms with Crippen molar-refractivity contribution in [2.75, 3.05) is 11.9 Å². The molecule has 0 saturated carbocycles. The lowest BCUT2D eigenvalue weighted by Crippen LogP contribution is -1.96. The van der Waals surface area contributed by atoms with Gasteiger partial charge in [-0.15, -0.1) is 0 Å². The van der Waals surface area contributed by atoms with E-state index >= 15 is 0 Å². The van der Waals surface area contributed by atoms with Crippen LogP contribution in [0.4, 0.5) is 5.82 Å². The average Bonchev–Trinajstić information content (AvgIpc) is 2.82. The monoisotopic (exact) mass is 253 g/mol. The van der Waals surface area contributed by atoms with E-state index in [9.17, 15) is 0 Å². The molecule has 3 aromatic heterocycles. The van der Waals surface area contributed by atoms with Gasteiger partial charge < -0.3 is 5.32 Å². The van der Waals surface area contributed by atoms with Crippen LogP contribution in [0.5, 0.6) is 0 Å². The summed E-state index contributed by atoms with van der Waals surface area (Å²) < 4.78 is 0. The van der Waals surface area contributed by atoms with Crippen LogP contribution in [-0.4, -0.2) is 26.7 Å². The molecule has 0 aliphatic carbocycles. The summed E-state index contributed by atoms with van der Waals surface area (Å²) in [5.41, 5.74) is 4.04. The van der Waals surface area contributed by atoms with Crippen molar-refractivity contribution in [3.05, 3.63) is 36.3 Å². The van der Waals surface area contributed by atoms with E-state index in [-0.39, 0.29) is 0 Å². The van der Waals surface area contributed by atoms with Gasteiger partial charge in [0.1, 0.15) is 0 Å². The van der Waals surface area contributed by atoms with Crippen LogP contribution in [0.1, 0.15) is 12.5 Å². The number of pyridine rings is 2. The molecule has 0 amide bonds. The molecule has 0 fully saturated rings. The highest BCUT2D eigenvalue weighted by Gasteiger charge is 2.08. The van der Waals surface area contributed by atoms with Crippen molar-refractivity contribution < 1.29 is 0 Å². The molecule has 19 heavy (non-hydrogen) atoms. The van der Waals surface area contributed by atoms with Crippen LogP contribution in [0.15, 0.2) is 30.7 Å². The van der Waals surface area contributed by atoms with Gasteiger partial charge in [0.15, 0.2) is 11.5 Å². The molecule has 0 aliphatic heterocycles. The number of aromatic amines is 1. The summed E-state index contributed by atoms with van der Waals surface area (Å²) >= 11 is 0. The summed E-state index contributed by atoms with van der Waals surface area (Å²) in [6.07, 6.45) is 5.53. The van der Waals surface area contributed by atoms with E-state index in [0.717, 1.165) is 40.1 Å². The van der Waals surface area contributed by atoms with Crippen LogP contribution in [0.25, 0.3) is 22.2 Å². The zero-order valence-electron chi connectivity index (χ0n) is 10.9. The third kappa shape index (κ3) is 2.14. The average molecular weight is 253 g/mol. The molecule has 3 heterocycles. The molecular formula is C14H15N5. The van der Waals surface area contributed by atoms with Gasteiger partial charge in [-0.3, -0.25) is 10.1 Å². The molecule has 3 aromatic rings. The molecule has 5 nitrogen and oxygen atoms in total. The van der Waals surface area contributed by atoms with Crippen LogP contribution >= 0.6 is 0 Å². The van der Waals surface area contributed by atoms with Gasteiger partial charge in [-0.25, -0.2) is 4.98 Å². The molecule has 0 unspecified atom stereocenters. The molecule has 0 aliphatic rings. The number of fused-ring (bicyclic) bond motifs is 1. The lowest BCUT2D eigenvalue weighted by molar-refractivity contribution is 1.07. The molecule has 96 valence electrons. The highest BCUT2D eigenvalue weighted by atomic mass is 15.2. The van der Waals surface area contributed by atoms with E-state index in [4.69, 9.17) is 0 Å². The predicted octanol–water partition coefficient (Wildman–Crippen LogP) is 2.76. The van der Waals surface area contributed by atoms with Gasteiger partial charge in [0, 0.05) is 36.3 Å². The maximum atomic E-state index is 4.40. The van der Waals surface area contributed by atoms with Gasteiger partial charge in [0.05, 0.1) is 5.39 Å². The maximum Gasteiger partial charge on any atom is 0.157 e. The zero-order chi connectivity index (χ0) is 13.2. The first-order valence-electron chi connectivity index (χ1n) is 6.28. The third-order valence-electron chi connectivity index (χ3n) is 2.97. The standard InChI is InChI=1S/C14H15N5/c1-3-16-13-12-5-11(8-17-14(12)19-18-13)10-4-9(2)6-15-7-10/h4-8H,3H2,1-2H3,(H2,16,17,18,19). The van der Waals surface area contributed by atoms with E-state index in [2.05, 4.69) is 37.6 Å². The van der Waals surface area contributed by atoms with Gasteiger partial charge in [-0.1, -0.05) is 0 Å². The number of H-pyrrole nitrogens is 1. The van der Waals surface area contributed by atoms with Gasteiger partial charge in [0.2, 0.25) is 0 Å². The number of nitrogens with zero attached hydrogens (tertiary/aromatic N) is 3. The Morgan fingerprint density at radius 3 is 2.79 bits per heavy atom. The highest BCUT2D eigenvalue weighted by Crippen LogP contribution is 2.25. The molecule has 0 atom stereocenters. The quantitative estimate of drug-likeness (QED) is 0.753. The third-order valence-corrected chi connectivity index (χ3v) is 2.97. The largest absolute Gasteiger partial charge is 0.368 e. The molecular weight excluding hydrogens is 238 g/mol. The van der Waals surface area contributed by atoms with E-state index in [1.54, 1.807) is 0 Å². The Morgan fingerprint density at radius 1 is 1.16 bits per heavy atom. The number of hydrogen-bond donors (Lipinski definition) is 2. The molecule has 2 N–H and O–H groups in total. The smallest absolute Gasteiger partial charge is 0.157 e. The normalized spacial score (nSPS) is 10.8. The topological polar surface area (TPSA) is 66.5 Å². The number of aromatic nitrogens is 4. The van der Waals surface area contributed by atoms with Crippen molar-refractivity contribution in [2.45, 2.75) is 13.8 Å².